The number of hydrogen-bond donors (Lipinski definition) is 0. The highest BCUT2D eigenvalue weighted by Gasteiger charge is 2.20. The Morgan fingerprint density at radius 3 is 1.27 bits per heavy atom. The molecule has 0 aliphatic rings. The molecule has 0 aliphatic heterocycles. The molecule has 0 aliphatic carbocycles. The summed E-state index contributed by atoms with van der Waals surface area (Å²) in [5.74, 6) is 1.79. The highest BCUT2D eigenvalue weighted by Crippen LogP contribution is 2.43. The van der Waals surface area contributed by atoms with Crippen LogP contribution in [0.4, 0.5) is 0 Å². The van der Waals surface area contributed by atoms with Crippen LogP contribution in [0.1, 0.15) is 0 Å². The SMILES string of the molecule is c1ccc(-c2ccc(-c3nc(-c4ccccc4)nc(-c4ccc5c(c4)oc4cccc(-c6ccccc6-c6ccc7c(c6)oc6cccc(-c8ccccc8)c67)c45)n3)cc2)cc1. The Bertz CT molecular complexity index is 3610. The van der Waals surface area contributed by atoms with Gasteiger partial charge in [-0.1, -0.05) is 176 Å². The van der Waals surface area contributed by atoms with Crippen LogP contribution in [0.25, 0.3) is 123 Å². The summed E-state index contributed by atoms with van der Waals surface area (Å²) in [4.78, 5) is 15.0. The van der Waals surface area contributed by atoms with Gasteiger partial charge in [-0.05, 0) is 80.9 Å². The van der Waals surface area contributed by atoms with Gasteiger partial charge < -0.3 is 8.83 Å². The third-order valence-electron chi connectivity index (χ3n) is 11.8. The zero-order valence-electron chi connectivity index (χ0n) is 33.4. The lowest BCUT2D eigenvalue weighted by atomic mass is 9.91. The van der Waals surface area contributed by atoms with Crippen LogP contribution in [-0.4, -0.2) is 15.0 Å². The van der Waals surface area contributed by atoms with Gasteiger partial charge in [0.05, 0.1) is 0 Å². The zero-order valence-corrected chi connectivity index (χ0v) is 33.4. The van der Waals surface area contributed by atoms with Gasteiger partial charge in [-0.15, -0.1) is 0 Å². The Labute approximate surface area is 357 Å². The van der Waals surface area contributed by atoms with E-state index in [0.717, 1.165) is 99.5 Å². The van der Waals surface area contributed by atoms with Crippen molar-refractivity contribution in [3.05, 3.63) is 212 Å². The number of benzene rings is 9. The van der Waals surface area contributed by atoms with E-state index < -0.39 is 0 Å². The average Bonchev–Trinajstić information content (AvgIpc) is 3.93. The standard InChI is InChI=1S/C57H35N3O2/c1-4-14-36(15-5-1)37-26-28-40(29-27-37)56-58-55(39-18-8-3-9-19-39)59-57(60-56)42-31-33-48-52(35-42)62-50-25-13-23-46(54(48)50)45-21-11-10-20-43(45)41-30-32-47-51(34-41)61-49-24-12-22-44(53(47)49)38-16-6-2-7-17-38/h1-35H. The van der Waals surface area contributed by atoms with E-state index in [2.05, 4.69) is 164 Å². The quantitative estimate of drug-likeness (QED) is 0.161. The zero-order chi connectivity index (χ0) is 41.0. The molecule has 12 rings (SSSR count). The first-order valence-electron chi connectivity index (χ1n) is 20.8. The third kappa shape index (κ3) is 6.14. The second kappa shape index (κ2) is 14.7. The smallest absolute Gasteiger partial charge is 0.164 e. The Morgan fingerprint density at radius 2 is 0.645 bits per heavy atom. The van der Waals surface area contributed by atoms with E-state index in [4.69, 9.17) is 23.8 Å². The monoisotopic (exact) mass is 793 g/mol. The van der Waals surface area contributed by atoms with E-state index in [1.807, 2.05) is 48.5 Å². The summed E-state index contributed by atoms with van der Waals surface area (Å²) < 4.78 is 13.2. The van der Waals surface area contributed by atoms with Crippen LogP contribution in [0, 0.1) is 0 Å². The molecular weight excluding hydrogens is 759 g/mol. The number of nitrogens with zero attached hydrogens (tertiary/aromatic N) is 3. The van der Waals surface area contributed by atoms with E-state index in [1.54, 1.807) is 0 Å². The predicted molar refractivity (Wildman–Crippen MR) is 252 cm³/mol. The van der Waals surface area contributed by atoms with Crippen molar-refractivity contribution < 1.29 is 8.83 Å². The molecule has 5 heteroatoms. The van der Waals surface area contributed by atoms with Crippen LogP contribution in [0.5, 0.6) is 0 Å². The number of rotatable bonds is 7. The lowest BCUT2D eigenvalue weighted by molar-refractivity contribution is 0.668. The molecule has 0 radical (unpaired) electrons. The first-order chi connectivity index (χ1) is 30.7. The molecule has 0 saturated carbocycles. The highest BCUT2D eigenvalue weighted by molar-refractivity contribution is 6.15. The molecule has 9 aromatic carbocycles. The van der Waals surface area contributed by atoms with Gasteiger partial charge >= 0.3 is 0 Å². The molecule has 3 aromatic heterocycles. The number of furan rings is 2. The van der Waals surface area contributed by atoms with Crippen molar-refractivity contribution in [3.8, 4) is 78.7 Å². The Hall–Kier alpha value is -8.41. The van der Waals surface area contributed by atoms with Crippen molar-refractivity contribution in [2.24, 2.45) is 0 Å². The molecule has 0 amide bonds. The maximum Gasteiger partial charge on any atom is 0.164 e. The van der Waals surface area contributed by atoms with Crippen LogP contribution in [0.3, 0.4) is 0 Å². The first-order valence-corrected chi connectivity index (χ1v) is 20.8. The van der Waals surface area contributed by atoms with Crippen molar-refractivity contribution in [1.82, 2.24) is 15.0 Å². The number of fused-ring (bicyclic) bond motifs is 6. The topological polar surface area (TPSA) is 65.0 Å². The largest absolute Gasteiger partial charge is 0.456 e. The third-order valence-corrected chi connectivity index (χ3v) is 11.8. The van der Waals surface area contributed by atoms with E-state index in [-0.39, 0.29) is 0 Å². The van der Waals surface area contributed by atoms with Gasteiger partial charge in [0.1, 0.15) is 22.3 Å². The summed E-state index contributed by atoms with van der Waals surface area (Å²) in [5.41, 5.74) is 15.0. The van der Waals surface area contributed by atoms with Gasteiger partial charge in [-0.3, -0.25) is 0 Å². The summed E-state index contributed by atoms with van der Waals surface area (Å²) in [5, 5.41) is 4.30. The molecule has 290 valence electrons. The molecular formula is C57H35N3O2. The summed E-state index contributed by atoms with van der Waals surface area (Å²) in [6, 6.07) is 73.3. The average molecular weight is 794 g/mol. The maximum absolute atomic E-state index is 6.66. The van der Waals surface area contributed by atoms with Gasteiger partial charge in [0, 0.05) is 38.2 Å². The van der Waals surface area contributed by atoms with Gasteiger partial charge in [0.25, 0.3) is 0 Å². The van der Waals surface area contributed by atoms with Crippen molar-refractivity contribution >= 4 is 43.9 Å². The molecule has 12 aromatic rings. The Morgan fingerprint density at radius 1 is 0.242 bits per heavy atom. The molecule has 0 unspecified atom stereocenters. The van der Waals surface area contributed by atoms with Crippen LogP contribution >= 0.6 is 0 Å². The van der Waals surface area contributed by atoms with E-state index >= 15 is 0 Å². The molecule has 62 heavy (non-hydrogen) atoms. The summed E-state index contributed by atoms with van der Waals surface area (Å²) in [7, 11) is 0. The lowest BCUT2D eigenvalue weighted by Crippen LogP contribution is -2.00. The van der Waals surface area contributed by atoms with Gasteiger partial charge in [0.2, 0.25) is 0 Å². The van der Waals surface area contributed by atoms with Crippen molar-refractivity contribution in [3.63, 3.8) is 0 Å². The fourth-order valence-corrected chi connectivity index (χ4v) is 8.80. The fourth-order valence-electron chi connectivity index (χ4n) is 8.80. The second-order valence-electron chi connectivity index (χ2n) is 15.5. The summed E-state index contributed by atoms with van der Waals surface area (Å²) in [6.45, 7) is 0. The van der Waals surface area contributed by atoms with Gasteiger partial charge in [0.15, 0.2) is 17.5 Å². The van der Waals surface area contributed by atoms with E-state index in [9.17, 15) is 0 Å². The molecule has 0 N–H and O–H groups in total. The molecule has 3 heterocycles. The summed E-state index contributed by atoms with van der Waals surface area (Å²) >= 11 is 0. The first kappa shape index (κ1) is 35.5. The molecule has 0 saturated heterocycles. The van der Waals surface area contributed by atoms with Crippen LogP contribution in [0.2, 0.25) is 0 Å². The lowest BCUT2D eigenvalue weighted by Gasteiger charge is -2.12. The minimum atomic E-state index is 0.575. The highest BCUT2D eigenvalue weighted by atomic mass is 16.3. The predicted octanol–water partition coefficient (Wildman–Crippen LogP) is 15.3. The number of aromatic nitrogens is 3. The summed E-state index contributed by atoms with van der Waals surface area (Å²) in [6.07, 6.45) is 0. The van der Waals surface area contributed by atoms with Crippen molar-refractivity contribution in [1.29, 1.82) is 0 Å². The minimum Gasteiger partial charge on any atom is -0.456 e. The fraction of sp³-hybridized carbons (Fsp3) is 0. The van der Waals surface area contributed by atoms with Gasteiger partial charge in [-0.2, -0.15) is 0 Å². The second-order valence-corrected chi connectivity index (χ2v) is 15.5. The molecule has 0 bridgehead atoms. The molecule has 0 spiro atoms. The van der Waals surface area contributed by atoms with Crippen molar-refractivity contribution in [2.75, 3.05) is 0 Å². The van der Waals surface area contributed by atoms with Crippen molar-refractivity contribution in [2.45, 2.75) is 0 Å². The van der Waals surface area contributed by atoms with Crippen LogP contribution in [0.15, 0.2) is 221 Å². The normalized spacial score (nSPS) is 11.5. The van der Waals surface area contributed by atoms with E-state index in [0.29, 0.717) is 17.5 Å². The number of hydrogen-bond acceptors (Lipinski definition) is 5. The maximum atomic E-state index is 6.66. The van der Waals surface area contributed by atoms with Gasteiger partial charge in [-0.25, -0.2) is 15.0 Å². The minimum absolute atomic E-state index is 0.575. The van der Waals surface area contributed by atoms with Crippen LogP contribution < -0.4 is 0 Å². The molecule has 0 atom stereocenters. The van der Waals surface area contributed by atoms with E-state index in [1.165, 1.54) is 5.56 Å². The molecule has 0 fully saturated rings. The Balaban J connectivity index is 0.950. The Kier molecular flexibility index (Phi) is 8.42. The van der Waals surface area contributed by atoms with Crippen LogP contribution in [-0.2, 0) is 0 Å². The molecule has 5 nitrogen and oxygen atoms in total.